The van der Waals surface area contributed by atoms with Gasteiger partial charge in [0.25, 0.3) is 5.91 Å². The second kappa shape index (κ2) is 13.6. The van der Waals surface area contributed by atoms with E-state index >= 15 is 0 Å². The monoisotopic (exact) mass is 568 g/mol. The largest absolute Gasteiger partial charge is 0.326 e. The molecule has 202 valence electrons. The van der Waals surface area contributed by atoms with E-state index in [9.17, 15) is 19.6 Å². The van der Waals surface area contributed by atoms with Crippen molar-refractivity contribution in [1.29, 1.82) is 5.26 Å². The lowest BCUT2D eigenvalue weighted by Gasteiger charge is -2.17. The van der Waals surface area contributed by atoms with Gasteiger partial charge in [-0.1, -0.05) is 61.5 Å². The molecule has 1 unspecified atom stereocenters. The van der Waals surface area contributed by atoms with Crippen LogP contribution in [0.3, 0.4) is 0 Å². The van der Waals surface area contributed by atoms with Crippen molar-refractivity contribution in [3.8, 4) is 6.07 Å². The Morgan fingerprint density at radius 3 is 2.25 bits per heavy atom. The molecule has 9 heteroatoms. The van der Waals surface area contributed by atoms with Gasteiger partial charge in [-0.2, -0.15) is 5.26 Å². The predicted octanol–water partition coefficient (Wildman–Crippen LogP) is 7.39. The summed E-state index contributed by atoms with van der Waals surface area (Å²) in [5, 5.41) is 18.2. The van der Waals surface area contributed by atoms with Crippen LogP contribution in [0.1, 0.15) is 51.4 Å². The molecule has 0 aliphatic rings. The number of nitriles is 1. The molecular formula is C31H28N4O3S2. The maximum atomic E-state index is 13.7. The Kier molecular flexibility index (Phi) is 9.73. The first-order valence-corrected chi connectivity index (χ1v) is 14.4. The van der Waals surface area contributed by atoms with Crippen molar-refractivity contribution in [2.45, 2.75) is 36.8 Å². The molecule has 1 aromatic heterocycles. The van der Waals surface area contributed by atoms with E-state index in [1.165, 1.54) is 11.8 Å². The third kappa shape index (κ3) is 7.17. The van der Waals surface area contributed by atoms with Crippen molar-refractivity contribution in [3.05, 3.63) is 106 Å². The minimum Gasteiger partial charge on any atom is -0.326 e. The van der Waals surface area contributed by atoms with Crippen LogP contribution in [-0.2, 0) is 9.59 Å². The fraction of sp³-hybridized carbons (Fsp3) is 0.161. The Bertz CT molecular complexity index is 1550. The summed E-state index contributed by atoms with van der Waals surface area (Å²) >= 11 is 2.41. The summed E-state index contributed by atoms with van der Waals surface area (Å²) in [5.41, 5.74) is 2.84. The van der Waals surface area contributed by atoms with E-state index < -0.39 is 5.25 Å². The van der Waals surface area contributed by atoms with Crippen molar-refractivity contribution in [2.24, 2.45) is 0 Å². The van der Waals surface area contributed by atoms with Gasteiger partial charge in [0.15, 0.2) is 0 Å². The van der Waals surface area contributed by atoms with Gasteiger partial charge in [-0.15, -0.1) is 23.1 Å². The molecule has 3 aromatic carbocycles. The number of para-hydroxylation sites is 1. The van der Waals surface area contributed by atoms with Gasteiger partial charge < -0.3 is 16.0 Å². The van der Waals surface area contributed by atoms with Crippen LogP contribution in [0.15, 0.2) is 89.8 Å². The fourth-order valence-corrected chi connectivity index (χ4v) is 6.11. The molecule has 4 rings (SSSR count). The normalized spacial score (nSPS) is 11.2. The number of nitrogens with zero attached hydrogens (tertiary/aromatic N) is 1. The van der Waals surface area contributed by atoms with Crippen LogP contribution in [0.5, 0.6) is 0 Å². The summed E-state index contributed by atoms with van der Waals surface area (Å²) in [4.78, 5) is 39.9. The Balaban J connectivity index is 1.59. The van der Waals surface area contributed by atoms with Crippen molar-refractivity contribution in [3.63, 3.8) is 0 Å². The molecule has 0 saturated heterocycles. The molecule has 4 aromatic rings. The Hall–Kier alpha value is -4.39. The summed E-state index contributed by atoms with van der Waals surface area (Å²) in [5.74, 6) is -0.739. The van der Waals surface area contributed by atoms with Gasteiger partial charge in [0.2, 0.25) is 11.8 Å². The van der Waals surface area contributed by atoms with E-state index in [-0.39, 0.29) is 23.3 Å². The lowest BCUT2D eigenvalue weighted by atomic mass is 10.1. The van der Waals surface area contributed by atoms with Crippen LogP contribution in [0.25, 0.3) is 0 Å². The first-order valence-electron chi connectivity index (χ1n) is 12.7. The highest BCUT2D eigenvalue weighted by Crippen LogP contribution is 2.39. The number of nitrogens with one attached hydrogen (secondary N) is 3. The number of anilines is 3. The smallest absolute Gasteiger partial charge is 0.266 e. The highest BCUT2D eigenvalue weighted by molar-refractivity contribution is 8.00. The van der Waals surface area contributed by atoms with Crippen LogP contribution in [-0.4, -0.2) is 17.7 Å². The highest BCUT2D eigenvalue weighted by atomic mass is 32.2. The average Bonchev–Trinajstić information content (AvgIpc) is 3.27. The highest BCUT2D eigenvalue weighted by Gasteiger charge is 2.26. The van der Waals surface area contributed by atoms with Crippen LogP contribution in [0.2, 0.25) is 0 Å². The molecule has 1 heterocycles. The van der Waals surface area contributed by atoms with Gasteiger partial charge in [-0.25, -0.2) is 0 Å². The Morgan fingerprint density at radius 1 is 0.900 bits per heavy atom. The fourth-order valence-electron chi connectivity index (χ4n) is 3.97. The number of carbonyl (C=O) groups is 3. The lowest BCUT2D eigenvalue weighted by molar-refractivity contribution is -0.116. The Morgan fingerprint density at radius 2 is 1.57 bits per heavy atom. The number of carbonyl (C=O) groups excluding carboxylic acids is 3. The minimum atomic E-state index is -0.654. The van der Waals surface area contributed by atoms with E-state index in [4.69, 9.17) is 0 Å². The van der Waals surface area contributed by atoms with Gasteiger partial charge in [-0.3, -0.25) is 14.4 Å². The van der Waals surface area contributed by atoms with Gasteiger partial charge >= 0.3 is 0 Å². The third-order valence-electron chi connectivity index (χ3n) is 5.92. The molecular weight excluding hydrogens is 541 g/mol. The molecule has 1 atom stereocenters. The maximum Gasteiger partial charge on any atom is 0.266 e. The Labute approximate surface area is 241 Å². The molecule has 0 aliphatic heterocycles. The standard InChI is InChI=1S/C31H28N4O3S2/c1-3-11-26(36)33-23-16-10-17-24(18-23)39-28(21-12-6-4-7-13-21)30(38)35-31-25(19-32)20(2)27(40-31)29(37)34-22-14-8-5-9-15-22/h4-10,12-18,28H,3,11H2,1-2H3,(H,33,36)(H,34,37)(H,35,38). The van der Waals surface area contributed by atoms with Crippen molar-refractivity contribution in [2.75, 3.05) is 16.0 Å². The maximum absolute atomic E-state index is 13.7. The molecule has 0 fully saturated rings. The molecule has 40 heavy (non-hydrogen) atoms. The molecule has 3 N–H and O–H groups in total. The minimum absolute atomic E-state index is 0.0637. The summed E-state index contributed by atoms with van der Waals surface area (Å²) in [6.07, 6.45) is 1.18. The topological polar surface area (TPSA) is 111 Å². The second-order valence-corrected chi connectivity index (χ2v) is 11.1. The number of rotatable bonds is 10. The van der Waals surface area contributed by atoms with E-state index in [0.717, 1.165) is 28.2 Å². The zero-order chi connectivity index (χ0) is 28.5. The van der Waals surface area contributed by atoms with E-state index in [1.54, 1.807) is 19.1 Å². The van der Waals surface area contributed by atoms with Crippen LogP contribution < -0.4 is 16.0 Å². The summed E-state index contributed by atoms with van der Waals surface area (Å²) in [7, 11) is 0. The van der Waals surface area contributed by atoms with Gasteiger partial charge in [0, 0.05) is 22.7 Å². The number of hydrogen-bond donors (Lipinski definition) is 3. The average molecular weight is 569 g/mol. The lowest BCUT2D eigenvalue weighted by Crippen LogP contribution is -2.19. The zero-order valence-corrected chi connectivity index (χ0v) is 23.7. The third-order valence-corrected chi connectivity index (χ3v) is 8.38. The van der Waals surface area contributed by atoms with Crippen LogP contribution in [0, 0.1) is 18.3 Å². The van der Waals surface area contributed by atoms with Gasteiger partial charge in [-0.05, 0) is 54.8 Å². The summed E-state index contributed by atoms with van der Waals surface area (Å²) < 4.78 is 0. The van der Waals surface area contributed by atoms with E-state index in [1.807, 2.05) is 79.7 Å². The van der Waals surface area contributed by atoms with Crippen molar-refractivity contribution >= 4 is 57.2 Å². The van der Waals surface area contributed by atoms with Gasteiger partial charge in [0.05, 0.1) is 10.4 Å². The SMILES string of the molecule is CCCC(=O)Nc1cccc(SC(C(=O)Nc2sc(C(=O)Nc3ccccc3)c(C)c2C#N)c2ccccc2)c1. The van der Waals surface area contributed by atoms with E-state index in [2.05, 4.69) is 22.0 Å². The molecule has 0 radical (unpaired) electrons. The predicted molar refractivity (Wildman–Crippen MR) is 162 cm³/mol. The number of hydrogen-bond acceptors (Lipinski definition) is 6. The van der Waals surface area contributed by atoms with E-state index in [0.29, 0.717) is 33.2 Å². The number of amides is 3. The summed E-state index contributed by atoms with van der Waals surface area (Å²) in [6, 6.07) is 27.9. The molecule has 0 aliphatic carbocycles. The molecule has 0 bridgehead atoms. The second-order valence-electron chi connectivity index (χ2n) is 8.92. The molecule has 0 saturated carbocycles. The van der Waals surface area contributed by atoms with Crippen LogP contribution >= 0.6 is 23.1 Å². The first-order chi connectivity index (χ1) is 19.4. The van der Waals surface area contributed by atoms with Crippen molar-refractivity contribution in [1.82, 2.24) is 0 Å². The molecule has 7 nitrogen and oxygen atoms in total. The number of thioether (sulfide) groups is 1. The van der Waals surface area contributed by atoms with Crippen molar-refractivity contribution < 1.29 is 14.4 Å². The van der Waals surface area contributed by atoms with Crippen LogP contribution in [0.4, 0.5) is 16.4 Å². The zero-order valence-electron chi connectivity index (χ0n) is 22.1. The number of benzene rings is 3. The van der Waals surface area contributed by atoms with Gasteiger partial charge in [0.1, 0.15) is 16.3 Å². The number of thiophene rings is 1. The molecule has 0 spiro atoms. The summed E-state index contributed by atoms with van der Waals surface area (Å²) in [6.45, 7) is 3.65. The quantitative estimate of drug-likeness (QED) is 0.173. The first kappa shape index (κ1) is 28.6. The molecule has 3 amide bonds.